The molecule has 1 heterocycles. The number of pyridine rings is 1. The maximum atomic E-state index is 13.6. The Kier molecular flexibility index (Phi) is 6.72. The van der Waals surface area contributed by atoms with Gasteiger partial charge in [-0.1, -0.05) is 37.3 Å². The lowest BCUT2D eigenvalue weighted by molar-refractivity contribution is -0.118. The highest BCUT2D eigenvalue weighted by molar-refractivity contribution is 5.97. The molecule has 0 saturated heterocycles. The largest absolute Gasteiger partial charge is 0.316 e. The maximum absolute atomic E-state index is 13.6. The fourth-order valence-corrected chi connectivity index (χ4v) is 3.41. The van der Waals surface area contributed by atoms with Crippen molar-refractivity contribution in [2.24, 2.45) is 0 Å². The van der Waals surface area contributed by atoms with Crippen LogP contribution in [0.4, 0.5) is 10.1 Å². The SMILES string of the molecule is CCC(=O)N(C)c1ccc(-c2ccc(C(=O)CCc3cccnc3F)cc2C)cc1. The molecule has 3 aromatic rings. The van der Waals surface area contributed by atoms with E-state index in [4.69, 9.17) is 0 Å². The predicted molar refractivity (Wildman–Crippen MR) is 117 cm³/mol. The van der Waals surface area contributed by atoms with E-state index in [9.17, 15) is 14.0 Å². The molecule has 0 N–H and O–H groups in total. The van der Waals surface area contributed by atoms with Crippen LogP contribution < -0.4 is 4.90 Å². The molecule has 0 bridgehead atoms. The van der Waals surface area contributed by atoms with Gasteiger partial charge in [0.25, 0.3) is 0 Å². The van der Waals surface area contributed by atoms with Crippen molar-refractivity contribution in [2.75, 3.05) is 11.9 Å². The lowest BCUT2D eigenvalue weighted by Gasteiger charge is -2.17. The van der Waals surface area contributed by atoms with Crippen LogP contribution in [0.25, 0.3) is 11.1 Å². The van der Waals surface area contributed by atoms with E-state index < -0.39 is 5.95 Å². The number of benzene rings is 2. The standard InChI is InChI=1S/C25H25FN2O2/c1-4-24(30)28(3)21-11-7-18(8-12-21)22-13-9-20(16-17(22)2)23(29)14-10-19-6-5-15-27-25(19)26/h5-9,11-13,15-16H,4,10,14H2,1-3H3. The highest BCUT2D eigenvalue weighted by Gasteiger charge is 2.12. The van der Waals surface area contributed by atoms with Crippen molar-refractivity contribution in [1.82, 2.24) is 4.98 Å². The van der Waals surface area contributed by atoms with Crippen LogP contribution in [0, 0.1) is 12.9 Å². The summed E-state index contributed by atoms with van der Waals surface area (Å²) in [7, 11) is 1.77. The summed E-state index contributed by atoms with van der Waals surface area (Å²) in [6.07, 6.45) is 2.41. The molecule has 1 amide bonds. The average Bonchev–Trinajstić information content (AvgIpc) is 2.77. The molecule has 0 radical (unpaired) electrons. The Balaban J connectivity index is 1.72. The molecule has 0 aliphatic rings. The number of carbonyl (C=O) groups is 2. The molecule has 0 aliphatic carbocycles. The molecule has 3 rings (SSSR count). The first-order valence-corrected chi connectivity index (χ1v) is 10.0. The third kappa shape index (κ3) is 4.79. The number of Topliss-reactive ketones (excluding diaryl/α,β-unsaturated/α-hetero) is 1. The van der Waals surface area contributed by atoms with Gasteiger partial charge in [0.15, 0.2) is 5.78 Å². The minimum atomic E-state index is -0.522. The van der Waals surface area contributed by atoms with E-state index in [0.29, 0.717) is 24.0 Å². The first kappa shape index (κ1) is 21.4. The second kappa shape index (κ2) is 9.44. The van der Waals surface area contributed by atoms with Gasteiger partial charge in [0.05, 0.1) is 0 Å². The molecule has 1 aromatic heterocycles. The van der Waals surface area contributed by atoms with Gasteiger partial charge in [0, 0.05) is 42.9 Å². The van der Waals surface area contributed by atoms with Gasteiger partial charge in [-0.15, -0.1) is 0 Å². The third-order valence-electron chi connectivity index (χ3n) is 5.25. The number of ketones is 1. The number of carbonyl (C=O) groups excluding carboxylic acids is 2. The number of hydrogen-bond acceptors (Lipinski definition) is 3. The molecule has 0 fully saturated rings. The number of anilines is 1. The van der Waals surface area contributed by atoms with Gasteiger partial charge in [0.1, 0.15) is 0 Å². The van der Waals surface area contributed by atoms with E-state index in [1.54, 1.807) is 24.1 Å². The number of halogens is 1. The summed E-state index contributed by atoms with van der Waals surface area (Å²) < 4.78 is 13.6. The van der Waals surface area contributed by atoms with Gasteiger partial charge >= 0.3 is 0 Å². The van der Waals surface area contributed by atoms with Crippen LogP contribution in [-0.4, -0.2) is 23.7 Å². The molecule has 0 unspecified atom stereocenters. The van der Waals surface area contributed by atoms with Crippen molar-refractivity contribution in [3.8, 4) is 11.1 Å². The first-order valence-electron chi connectivity index (χ1n) is 10.0. The monoisotopic (exact) mass is 404 g/mol. The molecule has 30 heavy (non-hydrogen) atoms. The minimum absolute atomic E-state index is 0.0250. The fourth-order valence-electron chi connectivity index (χ4n) is 3.41. The van der Waals surface area contributed by atoms with Crippen LogP contribution in [0.2, 0.25) is 0 Å². The lowest BCUT2D eigenvalue weighted by Crippen LogP contribution is -2.24. The maximum Gasteiger partial charge on any atom is 0.226 e. The van der Waals surface area contributed by atoms with Crippen LogP contribution in [0.1, 0.15) is 41.3 Å². The van der Waals surface area contributed by atoms with E-state index in [2.05, 4.69) is 4.98 Å². The molecule has 0 atom stereocenters. The van der Waals surface area contributed by atoms with Crippen molar-refractivity contribution in [1.29, 1.82) is 0 Å². The predicted octanol–water partition coefficient (Wildman–Crippen LogP) is 5.38. The fraction of sp³-hybridized carbons (Fsp3) is 0.240. The summed E-state index contributed by atoms with van der Waals surface area (Å²) in [6.45, 7) is 3.81. The van der Waals surface area contributed by atoms with Crippen molar-refractivity contribution >= 4 is 17.4 Å². The van der Waals surface area contributed by atoms with Crippen LogP contribution in [-0.2, 0) is 11.2 Å². The number of nitrogens with zero attached hydrogens (tertiary/aromatic N) is 2. The molecule has 0 spiro atoms. The summed E-state index contributed by atoms with van der Waals surface area (Å²) in [6, 6.07) is 16.7. The molecule has 154 valence electrons. The topological polar surface area (TPSA) is 50.3 Å². The summed E-state index contributed by atoms with van der Waals surface area (Å²) in [5, 5.41) is 0. The van der Waals surface area contributed by atoms with Crippen LogP contribution >= 0.6 is 0 Å². The Bertz CT molecular complexity index is 1060. The minimum Gasteiger partial charge on any atom is -0.316 e. The molecular weight excluding hydrogens is 379 g/mol. The van der Waals surface area contributed by atoms with Gasteiger partial charge in [0.2, 0.25) is 11.9 Å². The van der Waals surface area contributed by atoms with Crippen LogP contribution in [0.3, 0.4) is 0 Å². The molecule has 0 aliphatic heterocycles. The van der Waals surface area contributed by atoms with Gasteiger partial charge in [-0.2, -0.15) is 4.39 Å². The normalized spacial score (nSPS) is 10.7. The third-order valence-corrected chi connectivity index (χ3v) is 5.25. The summed E-state index contributed by atoms with van der Waals surface area (Å²) in [4.78, 5) is 29.7. The summed E-state index contributed by atoms with van der Waals surface area (Å²) in [5.74, 6) is -0.484. The Morgan fingerprint density at radius 2 is 1.80 bits per heavy atom. The number of amides is 1. The summed E-state index contributed by atoms with van der Waals surface area (Å²) >= 11 is 0. The molecule has 5 heteroatoms. The molecule has 0 saturated carbocycles. The van der Waals surface area contributed by atoms with E-state index in [-0.39, 0.29) is 18.1 Å². The van der Waals surface area contributed by atoms with E-state index in [1.165, 1.54) is 6.20 Å². The van der Waals surface area contributed by atoms with E-state index in [1.807, 2.05) is 56.3 Å². The second-order valence-electron chi connectivity index (χ2n) is 7.26. The van der Waals surface area contributed by atoms with Crippen molar-refractivity contribution in [3.05, 3.63) is 83.4 Å². The number of aryl methyl sites for hydroxylation is 2. The van der Waals surface area contributed by atoms with Crippen molar-refractivity contribution < 1.29 is 14.0 Å². The smallest absolute Gasteiger partial charge is 0.226 e. The number of hydrogen-bond donors (Lipinski definition) is 0. The quantitative estimate of drug-likeness (QED) is 0.392. The lowest BCUT2D eigenvalue weighted by atomic mass is 9.95. The highest BCUT2D eigenvalue weighted by Crippen LogP contribution is 2.27. The number of rotatable bonds is 7. The van der Waals surface area contributed by atoms with Gasteiger partial charge in [-0.3, -0.25) is 9.59 Å². The second-order valence-corrected chi connectivity index (χ2v) is 7.26. The van der Waals surface area contributed by atoms with Crippen LogP contribution in [0.5, 0.6) is 0 Å². The molecule has 2 aromatic carbocycles. The zero-order valence-electron chi connectivity index (χ0n) is 17.5. The Labute approximate surface area is 176 Å². The van der Waals surface area contributed by atoms with Gasteiger partial charge < -0.3 is 4.90 Å². The Hall–Kier alpha value is -3.34. The molecular formula is C25H25FN2O2. The Morgan fingerprint density at radius 1 is 1.07 bits per heavy atom. The first-order chi connectivity index (χ1) is 14.4. The molecule has 4 nitrogen and oxygen atoms in total. The Morgan fingerprint density at radius 3 is 2.43 bits per heavy atom. The number of aromatic nitrogens is 1. The van der Waals surface area contributed by atoms with Gasteiger partial charge in [-0.05, 0) is 54.3 Å². The zero-order valence-corrected chi connectivity index (χ0v) is 17.5. The van der Waals surface area contributed by atoms with Gasteiger partial charge in [-0.25, -0.2) is 4.98 Å². The van der Waals surface area contributed by atoms with E-state index >= 15 is 0 Å². The van der Waals surface area contributed by atoms with Crippen LogP contribution in [0.15, 0.2) is 60.8 Å². The highest BCUT2D eigenvalue weighted by atomic mass is 19.1. The van der Waals surface area contributed by atoms with Crippen molar-refractivity contribution in [3.63, 3.8) is 0 Å². The zero-order chi connectivity index (χ0) is 21.7. The van der Waals surface area contributed by atoms with E-state index in [0.717, 1.165) is 22.4 Å². The summed E-state index contributed by atoms with van der Waals surface area (Å²) in [5.41, 5.74) is 4.94. The van der Waals surface area contributed by atoms with Crippen molar-refractivity contribution in [2.45, 2.75) is 33.1 Å². The average molecular weight is 404 g/mol.